The summed E-state index contributed by atoms with van der Waals surface area (Å²) in [5.41, 5.74) is 2.57. The minimum absolute atomic E-state index is 0.216. The van der Waals surface area contributed by atoms with Gasteiger partial charge in [-0.3, -0.25) is 0 Å². The molecule has 17 heavy (non-hydrogen) atoms. The van der Waals surface area contributed by atoms with Crippen LogP contribution in [0.3, 0.4) is 0 Å². The van der Waals surface area contributed by atoms with E-state index in [9.17, 15) is 0 Å². The van der Waals surface area contributed by atoms with Crippen LogP contribution < -0.4 is 0 Å². The Morgan fingerprint density at radius 2 is 2.18 bits per heavy atom. The molecule has 88 valence electrons. The highest BCUT2D eigenvalue weighted by atomic mass is 16.5. The van der Waals surface area contributed by atoms with Gasteiger partial charge in [0, 0.05) is 5.57 Å². The van der Waals surface area contributed by atoms with E-state index in [-0.39, 0.29) is 6.04 Å². The van der Waals surface area contributed by atoms with Gasteiger partial charge in [0.1, 0.15) is 11.8 Å². The van der Waals surface area contributed by atoms with Crippen LogP contribution in [0.1, 0.15) is 26.7 Å². The van der Waals surface area contributed by atoms with E-state index in [0.717, 1.165) is 24.5 Å². The second kappa shape index (κ2) is 4.02. The number of hydrogen-bond acceptors (Lipinski definition) is 2. The van der Waals surface area contributed by atoms with Crippen LogP contribution in [0.25, 0.3) is 0 Å². The maximum atomic E-state index is 5.91. The van der Waals surface area contributed by atoms with Crippen LogP contribution in [-0.2, 0) is 4.74 Å². The van der Waals surface area contributed by atoms with Gasteiger partial charge in [0.2, 0.25) is 5.90 Å². The lowest BCUT2D eigenvalue weighted by Crippen LogP contribution is -2.14. The lowest BCUT2D eigenvalue weighted by Gasteiger charge is -2.19. The Kier molecular flexibility index (Phi) is 2.50. The zero-order valence-electron chi connectivity index (χ0n) is 10.3. The highest BCUT2D eigenvalue weighted by Crippen LogP contribution is 2.33. The molecule has 0 bridgehead atoms. The van der Waals surface area contributed by atoms with Crippen LogP contribution in [-0.4, -0.2) is 11.9 Å². The van der Waals surface area contributed by atoms with Crippen molar-refractivity contribution in [2.45, 2.75) is 32.7 Å². The fraction of sp³-hybridized carbons (Fsp3) is 0.400. The number of aliphatic imine (C=N–C) groups is 1. The Morgan fingerprint density at radius 3 is 2.94 bits per heavy atom. The quantitative estimate of drug-likeness (QED) is 0.671. The van der Waals surface area contributed by atoms with E-state index in [1.54, 1.807) is 0 Å². The topological polar surface area (TPSA) is 21.6 Å². The molecule has 3 aliphatic rings. The van der Waals surface area contributed by atoms with E-state index in [2.05, 4.69) is 38.2 Å². The highest BCUT2D eigenvalue weighted by molar-refractivity contribution is 5.97. The molecule has 0 aromatic heterocycles. The summed E-state index contributed by atoms with van der Waals surface area (Å²) in [4.78, 5) is 4.72. The molecule has 2 nitrogen and oxygen atoms in total. The monoisotopic (exact) mass is 227 g/mol. The molecule has 1 heterocycles. The molecular weight excluding hydrogens is 210 g/mol. The standard InChI is InChI=1S/C15H17NO/c1-10-6-5-7-11(2)14(10)15-16-12-8-3-4-9-13(12)17-15/h3-6,9,11-12H,7-8H2,1-2H3. The molecule has 0 fully saturated rings. The van der Waals surface area contributed by atoms with Crippen molar-refractivity contribution in [3.05, 3.63) is 47.3 Å². The molecule has 2 heteroatoms. The van der Waals surface area contributed by atoms with Crippen molar-refractivity contribution in [1.29, 1.82) is 0 Å². The second-order valence-electron chi connectivity index (χ2n) is 4.92. The minimum atomic E-state index is 0.216. The van der Waals surface area contributed by atoms with Gasteiger partial charge >= 0.3 is 0 Å². The van der Waals surface area contributed by atoms with Crippen molar-refractivity contribution in [1.82, 2.24) is 0 Å². The molecule has 0 saturated carbocycles. The zero-order chi connectivity index (χ0) is 11.8. The van der Waals surface area contributed by atoms with E-state index in [1.807, 2.05) is 6.08 Å². The Balaban J connectivity index is 1.94. The average molecular weight is 227 g/mol. The van der Waals surface area contributed by atoms with Gasteiger partial charge in [-0.2, -0.15) is 0 Å². The average Bonchev–Trinajstić information content (AvgIpc) is 2.71. The van der Waals surface area contributed by atoms with Crippen molar-refractivity contribution in [2.24, 2.45) is 10.9 Å². The Morgan fingerprint density at radius 1 is 1.29 bits per heavy atom. The third kappa shape index (κ3) is 1.78. The SMILES string of the molecule is CC1=C(C2=NC3CC=CC=C3O2)C(C)CC=C1. The summed E-state index contributed by atoms with van der Waals surface area (Å²) in [6.07, 6.45) is 12.7. The van der Waals surface area contributed by atoms with Crippen LogP contribution in [0, 0.1) is 5.92 Å². The molecule has 0 amide bonds. The Labute approximate surface area is 102 Å². The molecular formula is C15H17NO. The fourth-order valence-corrected chi connectivity index (χ4v) is 2.64. The largest absolute Gasteiger partial charge is 0.441 e. The van der Waals surface area contributed by atoms with Gasteiger partial charge in [-0.15, -0.1) is 0 Å². The van der Waals surface area contributed by atoms with Crippen LogP contribution in [0.5, 0.6) is 0 Å². The molecule has 1 aliphatic heterocycles. The van der Waals surface area contributed by atoms with Crippen LogP contribution in [0.15, 0.2) is 52.3 Å². The van der Waals surface area contributed by atoms with Gasteiger partial charge < -0.3 is 4.74 Å². The maximum absolute atomic E-state index is 5.91. The Bertz CT molecular complexity index is 491. The summed E-state index contributed by atoms with van der Waals surface area (Å²) in [5.74, 6) is 2.36. The summed E-state index contributed by atoms with van der Waals surface area (Å²) >= 11 is 0. The third-order valence-corrected chi connectivity index (χ3v) is 3.58. The molecule has 3 rings (SSSR count). The number of allylic oxidation sites excluding steroid dienone is 5. The predicted octanol–water partition coefficient (Wildman–Crippen LogP) is 3.54. The van der Waals surface area contributed by atoms with Crippen molar-refractivity contribution in [3.63, 3.8) is 0 Å². The van der Waals surface area contributed by atoms with Crippen LogP contribution in [0.2, 0.25) is 0 Å². The first kappa shape index (κ1) is 10.6. The zero-order valence-corrected chi connectivity index (χ0v) is 10.3. The lowest BCUT2D eigenvalue weighted by atomic mass is 9.89. The Hall–Kier alpha value is -1.57. The van der Waals surface area contributed by atoms with Crippen molar-refractivity contribution in [2.75, 3.05) is 0 Å². The van der Waals surface area contributed by atoms with Gasteiger partial charge in [0.05, 0.1) is 0 Å². The molecule has 2 unspecified atom stereocenters. The molecule has 0 saturated heterocycles. The number of ether oxygens (including phenoxy) is 1. The van der Waals surface area contributed by atoms with Crippen molar-refractivity contribution >= 4 is 5.90 Å². The van der Waals surface area contributed by atoms with E-state index >= 15 is 0 Å². The molecule has 0 N–H and O–H groups in total. The maximum Gasteiger partial charge on any atom is 0.218 e. The van der Waals surface area contributed by atoms with Crippen molar-refractivity contribution in [3.8, 4) is 0 Å². The highest BCUT2D eigenvalue weighted by Gasteiger charge is 2.30. The molecule has 0 radical (unpaired) electrons. The van der Waals surface area contributed by atoms with Gasteiger partial charge in [0.15, 0.2) is 0 Å². The summed E-state index contributed by atoms with van der Waals surface area (Å²) in [6.45, 7) is 4.38. The van der Waals surface area contributed by atoms with Gasteiger partial charge in [-0.05, 0) is 37.3 Å². The lowest BCUT2D eigenvalue weighted by molar-refractivity contribution is 0.408. The first-order valence-electron chi connectivity index (χ1n) is 6.26. The van der Waals surface area contributed by atoms with Gasteiger partial charge in [-0.1, -0.05) is 31.2 Å². The molecule has 2 aliphatic carbocycles. The third-order valence-electron chi connectivity index (χ3n) is 3.58. The number of rotatable bonds is 1. The van der Waals surface area contributed by atoms with E-state index in [0.29, 0.717) is 5.92 Å². The first-order valence-corrected chi connectivity index (χ1v) is 6.26. The van der Waals surface area contributed by atoms with Gasteiger partial charge in [-0.25, -0.2) is 4.99 Å². The second-order valence-corrected chi connectivity index (χ2v) is 4.92. The first-order chi connectivity index (χ1) is 8.25. The normalized spacial score (nSPS) is 30.9. The fourth-order valence-electron chi connectivity index (χ4n) is 2.64. The minimum Gasteiger partial charge on any atom is -0.441 e. The molecule has 0 aromatic carbocycles. The van der Waals surface area contributed by atoms with Crippen LogP contribution in [0.4, 0.5) is 0 Å². The van der Waals surface area contributed by atoms with Crippen molar-refractivity contribution < 1.29 is 4.74 Å². The summed E-state index contributed by atoms with van der Waals surface area (Å²) in [6, 6.07) is 0.216. The number of fused-ring (bicyclic) bond motifs is 1. The molecule has 0 spiro atoms. The summed E-state index contributed by atoms with van der Waals surface area (Å²) < 4.78 is 5.91. The van der Waals surface area contributed by atoms with E-state index in [1.165, 1.54) is 11.1 Å². The molecule has 2 atom stereocenters. The van der Waals surface area contributed by atoms with Crippen LogP contribution >= 0.6 is 0 Å². The smallest absolute Gasteiger partial charge is 0.218 e. The number of nitrogens with zero attached hydrogens (tertiary/aromatic N) is 1. The summed E-state index contributed by atoms with van der Waals surface area (Å²) in [7, 11) is 0. The predicted molar refractivity (Wildman–Crippen MR) is 69.8 cm³/mol. The molecule has 0 aromatic rings. The summed E-state index contributed by atoms with van der Waals surface area (Å²) in [5, 5.41) is 0. The van der Waals surface area contributed by atoms with E-state index < -0.39 is 0 Å². The van der Waals surface area contributed by atoms with E-state index in [4.69, 9.17) is 9.73 Å². The van der Waals surface area contributed by atoms with Gasteiger partial charge in [0.25, 0.3) is 0 Å². The number of hydrogen-bond donors (Lipinski definition) is 0.